The minimum atomic E-state index is -0.965. The molecule has 0 aliphatic rings. The molecule has 0 spiro atoms. The molecule has 0 amide bonds. The number of Topliss-reactive ketones (excluding diaryl/α,β-unsaturated/α-hetero) is 1. The third-order valence-corrected chi connectivity index (χ3v) is 3.34. The van der Waals surface area contributed by atoms with Gasteiger partial charge in [-0.15, -0.1) is 0 Å². The van der Waals surface area contributed by atoms with Crippen LogP contribution in [0.25, 0.3) is 11.0 Å². The Bertz CT molecular complexity index is 608. The molecule has 0 fully saturated rings. The average Bonchev–Trinajstić information content (AvgIpc) is 2.65. The maximum absolute atomic E-state index is 12.1. The number of para-hydroxylation sites is 2. The van der Waals surface area contributed by atoms with Crippen molar-refractivity contribution in [3.05, 3.63) is 30.1 Å². The summed E-state index contributed by atoms with van der Waals surface area (Å²) >= 11 is 0. The van der Waals surface area contributed by atoms with Gasteiger partial charge in [0.05, 0.1) is 17.5 Å². The van der Waals surface area contributed by atoms with E-state index in [-0.39, 0.29) is 12.2 Å². The topological polar surface area (TPSA) is 55.1 Å². The van der Waals surface area contributed by atoms with Gasteiger partial charge in [0.25, 0.3) is 0 Å². The first kappa shape index (κ1) is 13.7. The Balaban J connectivity index is 2.27. The third kappa shape index (κ3) is 2.68. The lowest BCUT2D eigenvalue weighted by atomic mass is 9.86. The van der Waals surface area contributed by atoms with Crippen LogP contribution >= 0.6 is 0 Å². The van der Waals surface area contributed by atoms with Crippen LogP contribution < -0.4 is 0 Å². The highest BCUT2D eigenvalue weighted by Crippen LogP contribution is 2.22. The van der Waals surface area contributed by atoms with E-state index in [1.807, 2.05) is 56.7 Å². The first-order chi connectivity index (χ1) is 8.80. The molecule has 102 valence electrons. The van der Waals surface area contributed by atoms with Gasteiger partial charge >= 0.3 is 0 Å². The smallest absolute Gasteiger partial charge is 0.169 e. The molecule has 0 saturated heterocycles. The molecular formula is C15H20N2O2. The molecule has 0 saturated carbocycles. The molecule has 4 nitrogen and oxygen atoms in total. The number of carbonyl (C=O) groups is 1. The van der Waals surface area contributed by atoms with Gasteiger partial charge in [0.2, 0.25) is 0 Å². The fourth-order valence-electron chi connectivity index (χ4n) is 2.09. The van der Waals surface area contributed by atoms with E-state index in [1.165, 1.54) is 0 Å². The summed E-state index contributed by atoms with van der Waals surface area (Å²) in [6.07, 6.45) is -0.809. The maximum atomic E-state index is 12.1. The van der Waals surface area contributed by atoms with Crippen LogP contribution in [0.5, 0.6) is 0 Å². The Kier molecular flexibility index (Phi) is 3.45. The number of hydrogen-bond donors (Lipinski definition) is 1. The quantitative estimate of drug-likeness (QED) is 0.919. The summed E-state index contributed by atoms with van der Waals surface area (Å²) in [6, 6.07) is 7.75. The fourth-order valence-corrected chi connectivity index (χ4v) is 2.09. The zero-order valence-corrected chi connectivity index (χ0v) is 11.8. The SMILES string of the molecule is Cn1c(CC(=O)C(O)C(C)(C)C)nc2ccccc21. The van der Waals surface area contributed by atoms with E-state index in [9.17, 15) is 9.90 Å². The first-order valence-electron chi connectivity index (χ1n) is 6.42. The standard InChI is InChI=1S/C15H20N2O2/c1-15(2,3)14(19)12(18)9-13-16-10-7-5-6-8-11(10)17(13)4/h5-8,14,19H,9H2,1-4H3. The molecule has 0 bridgehead atoms. The summed E-state index contributed by atoms with van der Waals surface area (Å²) in [4.78, 5) is 16.5. The average molecular weight is 260 g/mol. The van der Waals surface area contributed by atoms with Gasteiger partial charge in [0.15, 0.2) is 5.78 Å². The molecule has 1 N–H and O–H groups in total. The van der Waals surface area contributed by atoms with Crippen LogP contribution in [0.1, 0.15) is 26.6 Å². The Labute approximate surface area is 113 Å². The van der Waals surface area contributed by atoms with Crippen molar-refractivity contribution in [3.8, 4) is 0 Å². The van der Waals surface area contributed by atoms with Gasteiger partial charge in [-0.05, 0) is 17.5 Å². The van der Waals surface area contributed by atoms with Crippen LogP contribution in [0.2, 0.25) is 0 Å². The minimum absolute atomic E-state index is 0.156. The van der Waals surface area contributed by atoms with Crippen molar-refractivity contribution in [2.45, 2.75) is 33.3 Å². The van der Waals surface area contributed by atoms with Gasteiger partial charge in [0.1, 0.15) is 11.9 Å². The van der Waals surface area contributed by atoms with Gasteiger partial charge in [-0.25, -0.2) is 4.98 Å². The van der Waals surface area contributed by atoms with Crippen LogP contribution in [-0.4, -0.2) is 26.5 Å². The van der Waals surface area contributed by atoms with E-state index >= 15 is 0 Å². The maximum Gasteiger partial charge on any atom is 0.169 e. The second-order valence-electron chi connectivity index (χ2n) is 5.99. The van der Waals surface area contributed by atoms with Gasteiger partial charge in [0, 0.05) is 7.05 Å². The lowest BCUT2D eigenvalue weighted by molar-refractivity contribution is -0.131. The molecule has 0 aliphatic heterocycles. The van der Waals surface area contributed by atoms with Crippen molar-refractivity contribution < 1.29 is 9.90 Å². The van der Waals surface area contributed by atoms with Crippen molar-refractivity contribution in [1.82, 2.24) is 9.55 Å². The number of aromatic nitrogens is 2. The number of rotatable bonds is 3. The monoisotopic (exact) mass is 260 g/mol. The van der Waals surface area contributed by atoms with Crippen molar-refractivity contribution in [2.75, 3.05) is 0 Å². The Morgan fingerprint density at radius 2 is 2.00 bits per heavy atom. The number of ketones is 1. The predicted molar refractivity (Wildman–Crippen MR) is 74.9 cm³/mol. The number of aliphatic hydroxyl groups is 1. The Morgan fingerprint density at radius 3 is 2.58 bits per heavy atom. The van der Waals surface area contributed by atoms with E-state index in [0.717, 1.165) is 11.0 Å². The number of hydrogen-bond acceptors (Lipinski definition) is 3. The van der Waals surface area contributed by atoms with E-state index < -0.39 is 11.5 Å². The second-order valence-corrected chi connectivity index (χ2v) is 5.99. The van der Waals surface area contributed by atoms with Crippen molar-refractivity contribution in [1.29, 1.82) is 0 Å². The third-order valence-electron chi connectivity index (χ3n) is 3.34. The Hall–Kier alpha value is -1.68. The summed E-state index contributed by atoms with van der Waals surface area (Å²) in [7, 11) is 1.89. The summed E-state index contributed by atoms with van der Waals surface area (Å²) in [6.45, 7) is 5.56. The van der Waals surface area contributed by atoms with Gasteiger partial charge in [-0.2, -0.15) is 0 Å². The van der Waals surface area contributed by atoms with E-state index in [1.54, 1.807) is 0 Å². The molecule has 2 rings (SSSR count). The summed E-state index contributed by atoms with van der Waals surface area (Å²) in [5.74, 6) is 0.500. The minimum Gasteiger partial charge on any atom is -0.385 e. The zero-order valence-electron chi connectivity index (χ0n) is 11.8. The molecule has 1 atom stereocenters. The van der Waals surface area contributed by atoms with Crippen LogP contribution in [0.15, 0.2) is 24.3 Å². The van der Waals surface area contributed by atoms with Crippen LogP contribution in [-0.2, 0) is 18.3 Å². The van der Waals surface area contributed by atoms with Crippen molar-refractivity contribution >= 4 is 16.8 Å². The number of fused-ring (bicyclic) bond motifs is 1. The molecule has 1 aromatic heterocycles. The molecule has 0 radical (unpaired) electrons. The highest BCUT2D eigenvalue weighted by Gasteiger charge is 2.29. The molecule has 1 aromatic carbocycles. The number of nitrogens with zero attached hydrogens (tertiary/aromatic N) is 2. The van der Waals surface area contributed by atoms with Crippen molar-refractivity contribution in [2.24, 2.45) is 12.5 Å². The summed E-state index contributed by atoms with van der Waals surface area (Å²) in [5, 5.41) is 9.99. The molecule has 1 heterocycles. The number of aliphatic hydroxyl groups excluding tert-OH is 1. The van der Waals surface area contributed by atoms with E-state index in [0.29, 0.717) is 5.82 Å². The first-order valence-corrected chi connectivity index (χ1v) is 6.42. The van der Waals surface area contributed by atoms with E-state index in [4.69, 9.17) is 0 Å². The normalized spacial score (nSPS) is 13.7. The summed E-state index contributed by atoms with van der Waals surface area (Å²) in [5.41, 5.74) is 1.43. The Morgan fingerprint density at radius 1 is 1.37 bits per heavy atom. The second kappa shape index (κ2) is 4.78. The number of benzene rings is 1. The van der Waals surface area contributed by atoms with E-state index in [2.05, 4.69) is 4.98 Å². The molecule has 19 heavy (non-hydrogen) atoms. The molecule has 0 aliphatic carbocycles. The lowest BCUT2D eigenvalue weighted by Crippen LogP contribution is -2.35. The molecule has 4 heteroatoms. The number of carbonyl (C=O) groups excluding carboxylic acids is 1. The van der Waals surface area contributed by atoms with Crippen LogP contribution in [0.3, 0.4) is 0 Å². The predicted octanol–water partition coefficient (Wildman–Crippen LogP) is 2.09. The van der Waals surface area contributed by atoms with Crippen LogP contribution in [0, 0.1) is 5.41 Å². The molecule has 1 unspecified atom stereocenters. The molecular weight excluding hydrogens is 240 g/mol. The van der Waals surface area contributed by atoms with Crippen LogP contribution in [0.4, 0.5) is 0 Å². The molecule has 2 aromatic rings. The number of imidazole rings is 1. The van der Waals surface area contributed by atoms with Gasteiger partial charge < -0.3 is 9.67 Å². The van der Waals surface area contributed by atoms with Gasteiger partial charge in [-0.1, -0.05) is 32.9 Å². The summed E-state index contributed by atoms with van der Waals surface area (Å²) < 4.78 is 1.91. The fraction of sp³-hybridized carbons (Fsp3) is 0.467. The zero-order chi connectivity index (χ0) is 14.2. The largest absolute Gasteiger partial charge is 0.385 e. The number of aryl methyl sites for hydroxylation is 1. The highest BCUT2D eigenvalue weighted by atomic mass is 16.3. The lowest BCUT2D eigenvalue weighted by Gasteiger charge is -2.24. The highest BCUT2D eigenvalue weighted by molar-refractivity contribution is 5.86. The van der Waals surface area contributed by atoms with Gasteiger partial charge in [-0.3, -0.25) is 4.79 Å². The van der Waals surface area contributed by atoms with Crippen molar-refractivity contribution in [3.63, 3.8) is 0 Å².